The Hall–Kier alpha value is -2.89. The summed E-state index contributed by atoms with van der Waals surface area (Å²) < 4.78 is 4.81. The average molecular weight is 414 g/mol. The molecule has 0 saturated carbocycles. The van der Waals surface area contributed by atoms with Crippen LogP contribution in [0.5, 0.6) is 0 Å². The summed E-state index contributed by atoms with van der Waals surface area (Å²) in [7, 11) is 1.45. The standard InChI is InChI=1S/C17H30N6O6/c1-8(2)7-10(23-15(26)11-12(29-11)16(27)28)14(25)22-9(13(24)20-3)5-4-6-21-17(18)19/h8-12H,4-7H2,1-3H3,(H,20,24)(H,22,25)(H,23,26)(H,27,28)(H4,18,19,21)/t9-,10-,11?,12?/m0/s1. The number of guanidine groups is 1. The van der Waals surface area contributed by atoms with Crippen molar-refractivity contribution in [1.82, 2.24) is 16.0 Å². The summed E-state index contributed by atoms with van der Waals surface area (Å²) in [5.74, 6) is -2.86. The highest BCUT2D eigenvalue weighted by Crippen LogP contribution is 2.22. The molecule has 4 atom stereocenters. The number of hydrogen-bond acceptors (Lipinski definition) is 6. The number of nitrogens with one attached hydrogen (secondary N) is 3. The number of likely N-dealkylation sites (N-methyl/N-ethyl adjacent to an activating group) is 1. The molecule has 12 heteroatoms. The van der Waals surface area contributed by atoms with Crippen molar-refractivity contribution in [2.24, 2.45) is 22.4 Å². The van der Waals surface area contributed by atoms with Gasteiger partial charge in [-0.25, -0.2) is 4.79 Å². The third-order valence-electron chi connectivity index (χ3n) is 4.16. The van der Waals surface area contributed by atoms with Crippen LogP contribution in [0.2, 0.25) is 0 Å². The second kappa shape index (κ2) is 11.2. The van der Waals surface area contributed by atoms with Crippen LogP contribution in [0.25, 0.3) is 0 Å². The maximum absolute atomic E-state index is 12.7. The average Bonchev–Trinajstić information content (AvgIpc) is 3.43. The van der Waals surface area contributed by atoms with Crippen LogP contribution in [0.1, 0.15) is 33.1 Å². The maximum atomic E-state index is 12.7. The SMILES string of the molecule is CNC(=O)[C@H](CCCN=C(N)N)NC(=O)[C@H](CC(C)C)NC(=O)C1OC1C(=O)O. The Morgan fingerprint density at radius 3 is 2.21 bits per heavy atom. The van der Waals surface area contributed by atoms with E-state index in [9.17, 15) is 19.2 Å². The lowest BCUT2D eigenvalue weighted by molar-refractivity contribution is -0.138. The van der Waals surface area contributed by atoms with Crippen molar-refractivity contribution in [2.75, 3.05) is 13.6 Å². The van der Waals surface area contributed by atoms with E-state index in [1.165, 1.54) is 7.05 Å². The fourth-order valence-corrected chi connectivity index (χ4v) is 2.68. The number of rotatable bonds is 12. The zero-order valence-corrected chi connectivity index (χ0v) is 16.8. The number of aliphatic imine (C=N–C) groups is 1. The number of carbonyl (C=O) groups excluding carboxylic acids is 3. The van der Waals surface area contributed by atoms with Gasteiger partial charge in [-0.2, -0.15) is 0 Å². The Morgan fingerprint density at radius 1 is 1.07 bits per heavy atom. The number of nitrogens with two attached hydrogens (primary N) is 2. The van der Waals surface area contributed by atoms with Crippen LogP contribution in [-0.2, 0) is 23.9 Å². The van der Waals surface area contributed by atoms with Crippen LogP contribution in [0.15, 0.2) is 4.99 Å². The molecule has 8 N–H and O–H groups in total. The molecule has 0 aliphatic carbocycles. The molecule has 0 radical (unpaired) electrons. The van der Waals surface area contributed by atoms with Gasteiger partial charge >= 0.3 is 5.97 Å². The highest BCUT2D eigenvalue weighted by atomic mass is 16.6. The first-order chi connectivity index (χ1) is 13.6. The molecule has 2 unspecified atom stereocenters. The lowest BCUT2D eigenvalue weighted by atomic mass is 10.0. The minimum absolute atomic E-state index is 0.0572. The van der Waals surface area contributed by atoms with E-state index in [4.69, 9.17) is 21.3 Å². The smallest absolute Gasteiger partial charge is 0.336 e. The molecular weight excluding hydrogens is 384 g/mol. The van der Waals surface area contributed by atoms with Crippen molar-refractivity contribution in [2.45, 2.75) is 57.4 Å². The predicted molar refractivity (Wildman–Crippen MR) is 104 cm³/mol. The van der Waals surface area contributed by atoms with Gasteiger partial charge < -0.3 is 37.3 Å². The number of amides is 3. The molecule has 164 valence electrons. The van der Waals surface area contributed by atoms with E-state index in [0.717, 1.165) is 0 Å². The van der Waals surface area contributed by atoms with Gasteiger partial charge in [0.25, 0.3) is 5.91 Å². The molecule has 0 aromatic heterocycles. The van der Waals surface area contributed by atoms with Gasteiger partial charge in [0.15, 0.2) is 18.2 Å². The summed E-state index contributed by atoms with van der Waals surface area (Å²) >= 11 is 0. The topological polar surface area (TPSA) is 202 Å². The van der Waals surface area contributed by atoms with Gasteiger partial charge in [-0.3, -0.25) is 19.4 Å². The lowest BCUT2D eigenvalue weighted by Gasteiger charge is -2.23. The Labute approximate surface area is 168 Å². The quantitative estimate of drug-likeness (QED) is 0.0881. The zero-order valence-electron chi connectivity index (χ0n) is 16.8. The number of aliphatic carboxylic acids is 1. The molecule has 0 spiro atoms. The molecular formula is C17H30N6O6. The molecule has 0 aromatic rings. The molecule has 1 rings (SSSR count). The summed E-state index contributed by atoms with van der Waals surface area (Å²) in [6.45, 7) is 4.03. The van der Waals surface area contributed by atoms with Crippen molar-refractivity contribution < 1.29 is 29.0 Å². The van der Waals surface area contributed by atoms with E-state index in [-0.39, 0.29) is 18.3 Å². The van der Waals surface area contributed by atoms with Crippen molar-refractivity contribution in [3.8, 4) is 0 Å². The predicted octanol–water partition coefficient (Wildman–Crippen LogP) is -2.35. The van der Waals surface area contributed by atoms with Crippen LogP contribution >= 0.6 is 0 Å². The van der Waals surface area contributed by atoms with E-state index in [1.807, 2.05) is 13.8 Å². The van der Waals surface area contributed by atoms with Crippen molar-refractivity contribution in [3.63, 3.8) is 0 Å². The van der Waals surface area contributed by atoms with Gasteiger partial charge in [-0.1, -0.05) is 13.8 Å². The maximum Gasteiger partial charge on any atom is 0.336 e. The summed E-state index contributed by atoms with van der Waals surface area (Å²) in [4.78, 5) is 51.7. The first-order valence-corrected chi connectivity index (χ1v) is 9.32. The second-order valence-corrected chi connectivity index (χ2v) is 7.13. The van der Waals surface area contributed by atoms with Crippen LogP contribution in [0.3, 0.4) is 0 Å². The van der Waals surface area contributed by atoms with E-state index in [0.29, 0.717) is 19.4 Å². The minimum Gasteiger partial charge on any atom is -0.479 e. The fraction of sp³-hybridized carbons (Fsp3) is 0.706. The molecule has 1 aliphatic heterocycles. The van der Waals surface area contributed by atoms with Gasteiger partial charge in [-0.15, -0.1) is 0 Å². The number of carboxylic acid groups (broad SMARTS) is 1. The summed E-state index contributed by atoms with van der Waals surface area (Å²) in [6, 6.07) is -1.77. The molecule has 0 aromatic carbocycles. The van der Waals surface area contributed by atoms with Crippen LogP contribution in [0.4, 0.5) is 0 Å². The molecule has 12 nitrogen and oxygen atoms in total. The van der Waals surface area contributed by atoms with E-state index < -0.39 is 48.0 Å². The first kappa shape index (κ1) is 24.1. The highest BCUT2D eigenvalue weighted by Gasteiger charge is 2.51. The van der Waals surface area contributed by atoms with Gasteiger partial charge in [0.2, 0.25) is 11.8 Å². The molecule has 1 fully saturated rings. The Kier molecular flexibility index (Phi) is 9.32. The van der Waals surface area contributed by atoms with E-state index in [1.54, 1.807) is 0 Å². The van der Waals surface area contributed by atoms with Crippen molar-refractivity contribution in [1.29, 1.82) is 0 Å². The Balaban J connectivity index is 2.73. The third kappa shape index (κ3) is 8.34. The van der Waals surface area contributed by atoms with E-state index in [2.05, 4.69) is 20.9 Å². The molecule has 3 amide bonds. The van der Waals surface area contributed by atoms with Crippen molar-refractivity contribution >= 4 is 29.7 Å². The first-order valence-electron chi connectivity index (χ1n) is 9.32. The van der Waals surface area contributed by atoms with Gasteiger partial charge in [0.05, 0.1) is 0 Å². The number of epoxide rings is 1. The highest BCUT2D eigenvalue weighted by molar-refractivity contribution is 5.96. The fourth-order valence-electron chi connectivity index (χ4n) is 2.68. The summed E-state index contributed by atoms with van der Waals surface area (Å²) in [6.07, 6.45) is -1.28. The lowest BCUT2D eigenvalue weighted by Crippen LogP contribution is -2.54. The number of nitrogens with zero attached hydrogens (tertiary/aromatic N) is 1. The Bertz CT molecular complexity index is 648. The number of ether oxygens (including phenoxy) is 1. The number of hydrogen-bond donors (Lipinski definition) is 6. The monoisotopic (exact) mass is 414 g/mol. The molecule has 29 heavy (non-hydrogen) atoms. The molecule has 1 heterocycles. The second-order valence-electron chi connectivity index (χ2n) is 7.13. The minimum atomic E-state index is -1.24. The molecule has 1 saturated heterocycles. The summed E-state index contributed by atoms with van der Waals surface area (Å²) in [5.41, 5.74) is 10.5. The molecule has 0 bridgehead atoms. The number of carbonyl (C=O) groups is 4. The van der Waals surface area contributed by atoms with Gasteiger partial charge in [0.1, 0.15) is 12.1 Å². The van der Waals surface area contributed by atoms with E-state index >= 15 is 0 Å². The normalized spacial score (nSPS) is 19.6. The van der Waals surface area contributed by atoms with Crippen molar-refractivity contribution in [3.05, 3.63) is 0 Å². The molecule has 1 aliphatic rings. The van der Waals surface area contributed by atoms with Gasteiger partial charge in [0, 0.05) is 13.6 Å². The van der Waals surface area contributed by atoms with Crippen LogP contribution in [0, 0.1) is 5.92 Å². The summed E-state index contributed by atoms with van der Waals surface area (Å²) in [5, 5.41) is 16.5. The van der Waals surface area contributed by atoms with Crippen LogP contribution < -0.4 is 27.4 Å². The Morgan fingerprint density at radius 2 is 1.72 bits per heavy atom. The van der Waals surface area contributed by atoms with Crippen LogP contribution in [-0.4, -0.2) is 72.6 Å². The number of carboxylic acids is 1. The largest absolute Gasteiger partial charge is 0.479 e. The third-order valence-corrected chi connectivity index (χ3v) is 4.16. The zero-order chi connectivity index (χ0) is 22.1. The van der Waals surface area contributed by atoms with Gasteiger partial charge in [-0.05, 0) is 25.2 Å².